The van der Waals surface area contributed by atoms with Gasteiger partial charge in [0.15, 0.2) is 0 Å². The lowest BCUT2D eigenvalue weighted by Gasteiger charge is -2.37. The molecule has 2 amide bonds. The van der Waals surface area contributed by atoms with E-state index in [-0.39, 0.29) is 29.6 Å². The maximum atomic E-state index is 14.0. The SMILES string of the molecule is C=C(/C=C(/C(=O)N1CCCCC1)c1cc(OCc2ccc(F)cc2C#N)ccc1C)C(=O)N1CCC(C#N)(c2ccccc2)CC1. The van der Waals surface area contributed by atoms with Crippen molar-refractivity contribution in [3.63, 3.8) is 0 Å². The molecule has 2 saturated heterocycles. The number of nitriles is 2. The summed E-state index contributed by atoms with van der Waals surface area (Å²) in [6.45, 7) is 8.10. The molecule has 0 aliphatic carbocycles. The molecule has 7 nitrogen and oxygen atoms in total. The summed E-state index contributed by atoms with van der Waals surface area (Å²) in [4.78, 5) is 31.2. The molecule has 0 bridgehead atoms. The first-order chi connectivity index (χ1) is 22.2. The van der Waals surface area contributed by atoms with E-state index in [4.69, 9.17) is 4.74 Å². The van der Waals surface area contributed by atoms with Gasteiger partial charge >= 0.3 is 0 Å². The van der Waals surface area contributed by atoms with Gasteiger partial charge in [-0.25, -0.2) is 4.39 Å². The van der Waals surface area contributed by atoms with Gasteiger partial charge in [-0.1, -0.05) is 49.0 Å². The Hall–Kier alpha value is -5.21. The molecule has 3 aromatic rings. The summed E-state index contributed by atoms with van der Waals surface area (Å²) in [6.07, 6.45) is 5.49. The molecular weight excluding hydrogens is 579 g/mol. The smallest absolute Gasteiger partial charge is 0.254 e. The second kappa shape index (κ2) is 14.3. The molecule has 2 heterocycles. The number of likely N-dealkylation sites (tertiary alicyclic amines) is 2. The molecule has 0 radical (unpaired) electrons. The Kier molecular flexibility index (Phi) is 9.98. The number of amides is 2. The van der Waals surface area contributed by atoms with Crippen molar-refractivity contribution in [1.29, 1.82) is 10.5 Å². The van der Waals surface area contributed by atoms with E-state index in [9.17, 15) is 24.5 Å². The van der Waals surface area contributed by atoms with E-state index in [0.29, 0.717) is 61.5 Å². The standard InChI is InChI=1S/C38H37FN4O3/c1-27-11-14-33(46-25-29-12-13-32(39)22-30(29)24-40)23-34(27)35(37(45)42-17-7-4-8-18-42)21-28(2)36(44)43-19-15-38(26-41,16-20-43)31-9-5-3-6-10-31/h3,5-6,9-14,21-23H,2,4,7-8,15-20,25H2,1H3/b35-21+. The average Bonchev–Trinajstić information content (AvgIpc) is 3.10. The van der Waals surface area contributed by atoms with E-state index in [1.54, 1.807) is 23.1 Å². The quantitative estimate of drug-likeness (QED) is 0.209. The number of halogens is 1. The average molecular weight is 617 g/mol. The van der Waals surface area contributed by atoms with Crippen LogP contribution in [0.2, 0.25) is 0 Å². The molecule has 3 aromatic carbocycles. The summed E-state index contributed by atoms with van der Waals surface area (Å²) in [5.74, 6) is -0.476. The van der Waals surface area contributed by atoms with Crippen molar-refractivity contribution in [1.82, 2.24) is 9.80 Å². The number of benzene rings is 3. The second-order valence-corrected chi connectivity index (χ2v) is 12.0. The summed E-state index contributed by atoms with van der Waals surface area (Å²) >= 11 is 0. The van der Waals surface area contributed by atoms with Crippen LogP contribution in [-0.4, -0.2) is 47.8 Å². The lowest BCUT2D eigenvalue weighted by molar-refractivity contribution is -0.128. The number of carbonyl (C=O) groups excluding carboxylic acids is 2. The topological polar surface area (TPSA) is 97.4 Å². The van der Waals surface area contributed by atoms with E-state index < -0.39 is 11.2 Å². The summed E-state index contributed by atoms with van der Waals surface area (Å²) < 4.78 is 19.6. The van der Waals surface area contributed by atoms with Crippen LogP contribution in [0.3, 0.4) is 0 Å². The third-order valence-electron chi connectivity index (χ3n) is 9.00. The van der Waals surface area contributed by atoms with E-state index in [2.05, 4.69) is 12.6 Å². The zero-order chi connectivity index (χ0) is 32.7. The van der Waals surface area contributed by atoms with Gasteiger partial charge < -0.3 is 14.5 Å². The zero-order valence-electron chi connectivity index (χ0n) is 26.1. The highest BCUT2D eigenvalue weighted by Crippen LogP contribution is 2.36. The van der Waals surface area contributed by atoms with Crippen molar-refractivity contribution in [2.24, 2.45) is 0 Å². The minimum Gasteiger partial charge on any atom is -0.489 e. The summed E-state index contributed by atoms with van der Waals surface area (Å²) in [7, 11) is 0. The van der Waals surface area contributed by atoms with Gasteiger partial charge in [-0.3, -0.25) is 9.59 Å². The first-order valence-corrected chi connectivity index (χ1v) is 15.6. The van der Waals surface area contributed by atoms with E-state index in [1.807, 2.05) is 54.3 Å². The number of aryl methyl sites for hydroxylation is 1. The van der Waals surface area contributed by atoms with Gasteiger partial charge in [0.05, 0.1) is 23.1 Å². The highest BCUT2D eigenvalue weighted by molar-refractivity contribution is 6.21. The largest absolute Gasteiger partial charge is 0.489 e. The second-order valence-electron chi connectivity index (χ2n) is 12.0. The van der Waals surface area contributed by atoms with Crippen molar-refractivity contribution in [2.75, 3.05) is 26.2 Å². The Bertz CT molecular complexity index is 1740. The third-order valence-corrected chi connectivity index (χ3v) is 9.00. The fourth-order valence-corrected chi connectivity index (χ4v) is 6.20. The lowest BCUT2D eigenvalue weighted by atomic mass is 9.74. The molecular formula is C38H37FN4O3. The van der Waals surface area contributed by atoms with E-state index in [1.165, 1.54) is 18.2 Å². The minimum absolute atomic E-state index is 0.0398. The van der Waals surface area contributed by atoms with Gasteiger partial charge in [-0.15, -0.1) is 0 Å². The highest BCUT2D eigenvalue weighted by Gasteiger charge is 2.38. The maximum absolute atomic E-state index is 14.0. The molecule has 234 valence electrons. The molecule has 5 rings (SSSR count). The van der Waals surface area contributed by atoms with Crippen LogP contribution >= 0.6 is 0 Å². The Morgan fingerprint density at radius 2 is 1.63 bits per heavy atom. The number of piperidine rings is 2. The number of hydrogen-bond acceptors (Lipinski definition) is 5. The molecule has 2 aliphatic heterocycles. The zero-order valence-corrected chi connectivity index (χ0v) is 26.1. The maximum Gasteiger partial charge on any atom is 0.254 e. The van der Waals surface area contributed by atoms with Crippen LogP contribution in [0.1, 0.15) is 59.9 Å². The van der Waals surface area contributed by atoms with Crippen LogP contribution in [0.15, 0.2) is 85.0 Å². The predicted molar refractivity (Wildman–Crippen MR) is 174 cm³/mol. The fourth-order valence-electron chi connectivity index (χ4n) is 6.20. The number of hydrogen-bond donors (Lipinski definition) is 0. The summed E-state index contributed by atoms with van der Waals surface area (Å²) in [5.41, 5.74) is 3.03. The van der Waals surface area contributed by atoms with Gasteiger partial charge in [-0.05, 0) is 86.1 Å². The monoisotopic (exact) mass is 616 g/mol. The Labute approximate surface area is 269 Å². The van der Waals surface area contributed by atoms with E-state index >= 15 is 0 Å². The highest BCUT2D eigenvalue weighted by atomic mass is 19.1. The van der Waals surface area contributed by atoms with Gasteiger partial charge in [0.1, 0.15) is 18.2 Å². The van der Waals surface area contributed by atoms with Crippen molar-refractivity contribution in [3.05, 3.63) is 119 Å². The number of ether oxygens (including phenoxy) is 1. The number of nitrogens with zero attached hydrogens (tertiary/aromatic N) is 4. The van der Waals surface area contributed by atoms with Crippen molar-refractivity contribution >= 4 is 17.4 Å². The lowest BCUT2D eigenvalue weighted by Crippen LogP contribution is -2.45. The van der Waals surface area contributed by atoms with Crippen molar-refractivity contribution < 1.29 is 18.7 Å². The normalized spacial score (nSPS) is 16.2. The molecule has 0 unspecified atom stereocenters. The molecule has 0 N–H and O–H groups in total. The molecule has 2 fully saturated rings. The third kappa shape index (κ3) is 7.03. The van der Waals surface area contributed by atoms with Crippen LogP contribution in [0, 0.1) is 35.4 Å². The van der Waals surface area contributed by atoms with Crippen LogP contribution in [-0.2, 0) is 21.6 Å². The minimum atomic E-state index is -0.649. The Balaban J connectivity index is 1.39. The Morgan fingerprint density at radius 3 is 2.30 bits per heavy atom. The van der Waals surface area contributed by atoms with Crippen molar-refractivity contribution in [3.8, 4) is 17.9 Å². The van der Waals surface area contributed by atoms with Gasteiger partial charge in [-0.2, -0.15) is 10.5 Å². The molecule has 2 aliphatic rings. The predicted octanol–water partition coefficient (Wildman–Crippen LogP) is 6.62. The molecule has 0 aromatic heterocycles. The van der Waals surface area contributed by atoms with E-state index in [0.717, 1.165) is 30.4 Å². The first kappa shape index (κ1) is 32.2. The molecule has 0 atom stereocenters. The summed E-state index contributed by atoms with van der Waals surface area (Å²) in [5, 5.41) is 19.5. The van der Waals surface area contributed by atoms with Crippen molar-refractivity contribution in [2.45, 2.75) is 51.0 Å². The number of carbonyl (C=O) groups is 2. The van der Waals surface area contributed by atoms with Gasteiger partial charge in [0.2, 0.25) is 0 Å². The number of rotatable bonds is 8. The van der Waals surface area contributed by atoms with Gasteiger partial charge in [0, 0.05) is 42.9 Å². The molecule has 8 heteroatoms. The van der Waals surface area contributed by atoms with Crippen LogP contribution in [0.5, 0.6) is 5.75 Å². The Morgan fingerprint density at radius 1 is 0.935 bits per heavy atom. The van der Waals surface area contributed by atoms with Crippen LogP contribution in [0.4, 0.5) is 4.39 Å². The molecule has 46 heavy (non-hydrogen) atoms. The molecule has 0 saturated carbocycles. The first-order valence-electron chi connectivity index (χ1n) is 15.6. The van der Waals surface area contributed by atoms with Gasteiger partial charge in [0.25, 0.3) is 11.8 Å². The molecule has 0 spiro atoms. The summed E-state index contributed by atoms with van der Waals surface area (Å²) in [6, 6.07) is 23.6. The fraction of sp³-hybridized carbons (Fsp3) is 0.316. The van der Waals surface area contributed by atoms with Crippen LogP contribution < -0.4 is 4.74 Å². The van der Waals surface area contributed by atoms with Crippen LogP contribution in [0.25, 0.3) is 5.57 Å².